The van der Waals surface area contributed by atoms with Crippen LogP contribution < -0.4 is 20.3 Å². The number of para-hydroxylation sites is 3. The van der Waals surface area contributed by atoms with E-state index in [2.05, 4.69) is 15.3 Å². The number of fused-ring (bicyclic) bond motifs is 2. The minimum Gasteiger partial charge on any atom is -0.485 e. The summed E-state index contributed by atoms with van der Waals surface area (Å²) in [4.78, 5) is 55.0. The van der Waals surface area contributed by atoms with Crippen molar-refractivity contribution in [3.63, 3.8) is 0 Å². The number of benzene rings is 2. The molecule has 0 saturated carbocycles. The molecular formula is C22H19N3O7. The van der Waals surface area contributed by atoms with Gasteiger partial charge in [-0.1, -0.05) is 24.3 Å². The summed E-state index contributed by atoms with van der Waals surface area (Å²) in [5.41, 5.74) is 0.224. The number of nitrogens with one attached hydrogen (secondary N) is 2. The number of hydrogen-bond donors (Lipinski definition) is 2. The predicted molar refractivity (Wildman–Crippen MR) is 111 cm³/mol. The van der Waals surface area contributed by atoms with Crippen LogP contribution in [0.5, 0.6) is 11.5 Å². The zero-order chi connectivity index (χ0) is 22.5. The van der Waals surface area contributed by atoms with Crippen LogP contribution in [0.3, 0.4) is 0 Å². The van der Waals surface area contributed by atoms with E-state index >= 15 is 0 Å². The van der Waals surface area contributed by atoms with Gasteiger partial charge >= 0.3 is 5.97 Å². The monoisotopic (exact) mass is 437 g/mol. The Morgan fingerprint density at radius 2 is 1.84 bits per heavy atom. The summed E-state index contributed by atoms with van der Waals surface area (Å²) >= 11 is 0. The molecule has 0 saturated heterocycles. The molecule has 32 heavy (non-hydrogen) atoms. The number of aromatic nitrogens is 2. The number of esters is 1. The molecule has 1 unspecified atom stereocenters. The number of amides is 2. The number of nitrogens with zero attached hydrogens (tertiary/aromatic N) is 1. The van der Waals surface area contributed by atoms with Crippen molar-refractivity contribution in [2.45, 2.75) is 18.9 Å². The van der Waals surface area contributed by atoms with E-state index in [0.717, 1.165) is 0 Å². The molecule has 2 N–H and O–H groups in total. The quantitative estimate of drug-likeness (QED) is 0.543. The fraction of sp³-hybridized carbons (Fsp3) is 0.227. The van der Waals surface area contributed by atoms with E-state index in [1.165, 1.54) is 0 Å². The smallest absolute Gasteiger partial charge is 0.306 e. The van der Waals surface area contributed by atoms with Gasteiger partial charge in [0.15, 0.2) is 18.1 Å². The summed E-state index contributed by atoms with van der Waals surface area (Å²) in [6.07, 6.45) is -0.967. The average Bonchev–Trinajstić information content (AvgIpc) is 2.81. The molecule has 0 spiro atoms. The third-order valence-corrected chi connectivity index (χ3v) is 4.66. The highest BCUT2D eigenvalue weighted by atomic mass is 16.6. The lowest BCUT2D eigenvalue weighted by Gasteiger charge is -2.25. The van der Waals surface area contributed by atoms with Gasteiger partial charge < -0.3 is 19.2 Å². The Morgan fingerprint density at radius 1 is 1.09 bits per heavy atom. The summed E-state index contributed by atoms with van der Waals surface area (Å²) < 4.78 is 15.8. The van der Waals surface area contributed by atoms with Gasteiger partial charge in [0, 0.05) is 6.42 Å². The lowest BCUT2D eigenvalue weighted by Crippen LogP contribution is -2.47. The second kappa shape index (κ2) is 9.29. The maximum Gasteiger partial charge on any atom is 0.306 e. The van der Waals surface area contributed by atoms with Crippen molar-refractivity contribution >= 4 is 28.7 Å². The molecule has 0 bridgehead atoms. The van der Waals surface area contributed by atoms with Crippen LogP contribution in [-0.2, 0) is 25.5 Å². The van der Waals surface area contributed by atoms with Crippen molar-refractivity contribution in [2.24, 2.45) is 0 Å². The molecule has 3 aromatic rings. The number of aromatic amines is 1. The van der Waals surface area contributed by atoms with Crippen LogP contribution in [0, 0.1) is 0 Å². The molecule has 1 atom stereocenters. The highest BCUT2D eigenvalue weighted by Crippen LogP contribution is 2.30. The highest BCUT2D eigenvalue weighted by Gasteiger charge is 2.28. The number of imide groups is 1. The molecule has 10 heteroatoms. The van der Waals surface area contributed by atoms with Crippen LogP contribution in [-0.4, -0.2) is 47.1 Å². The maximum atomic E-state index is 12.2. The van der Waals surface area contributed by atoms with Gasteiger partial charge in [-0.15, -0.1) is 0 Å². The van der Waals surface area contributed by atoms with Gasteiger partial charge in [0.25, 0.3) is 17.4 Å². The van der Waals surface area contributed by atoms with E-state index < -0.39 is 30.5 Å². The van der Waals surface area contributed by atoms with Crippen molar-refractivity contribution in [1.82, 2.24) is 15.3 Å². The summed E-state index contributed by atoms with van der Waals surface area (Å²) in [7, 11) is 0. The molecule has 2 heterocycles. The van der Waals surface area contributed by atoms with Gasteiger partial charge in [0.2, 0.25) is 6.10 Å². The van der Waals surface area contributed by atoms with Crippen molar-refractivity contribution < 1.29 is 28.6 Å². The third kappa shape index (κ3) is 4.91. The first kappa shape index (κ1) is 21.0. The van der Waals surface area contributed by atoms with Gasteiger partial charge in [-0.3, -0.25) is 24.5 Å². The van der Waals surface area contributed by atoms with E-state index in [1.54, 1.807) is 48.5 Å². The summed E-state index contributed by atoms with van der Waals surface area (Å²) in [5.74, 6) is -0.909. The number of ether oxygens (including phenoxy) is 3. The molecule has 0 aliphatic carbocycles. The third-order valence-electron chi connectivity index (χ3n) is 4.66. The predicted octanol–water partition coefficient (Wildman–Crippen LogP) is 0.882. The summed E-state index contributed by atoms with van der Waals surface area (Å²) in [6.45, 7) is -0.677. The Kier molecular flexibility index (Phi) is 6.11. The second-order valence-electron chi connectivity index (χ2n) is 6.97. The minimum absolute atomic E-state index is 0.0487. The molecule has 2 amide bonds. The number of carbonyl (C=O) groups is 3. The van der Waals surface area contributed by atoms with Crippen LogP contribution >= 0.6 is 0 Å². The van der Waals surface area contributed by atoms with E-state index in [1.807, 2.05) is 0 Å². The van der Waals surface area contributed by atoms with Crippen molar-refractivity contribution in [3.8, 4) is 11.5 Å². The van der Waals surface area contributed by atoms with Crippen molar-refractivity contribution in [3.05, 3.63) is 64.7 Å². The van der Waals surface area contributed by atoms with E-state index in [4.69, 9.17) is 14.2 Å². The molecule has 1 aliphatic rings. The number of rotatable bonds is 6. The Balaban J connectivity index is 1.22. The Morgan fingerprint density at radius 3 is 2.69 bits per heavy atom. The van der Waals surface area contributed by atoms with E-state index in [0.29, 0.717) is 28.2 Å². The molecule has 0 fully saturated rings. The van der Waals surface area contributed by atoms with Crippen LogP contribution in [0.2, 0.25) is 0 Å². The van der Waals surface area contributed by atoms with Gasteiger partial charge in [-0.2, -0.15) is 0 Å². The van der Waals surface area contributed by atoms with Crippen LogP contribution in [0.25, 0.3) is 10.9 Å². The second-order valence-corrected chi connectivity index (χ2v) is 6.97. The zero-order valence-electron chi connectivity index (χ0n) is 16.8. The molecular weight excluding hydrogens is 418 g/mol. The van der Waals surface area contributed by atoms with Gasteiger partial charge in [0.05, 0.1) is 17.3 Å². The van der Waals surface area contributed by atoms with Gasteiger partial charge in [-0.25, -0.2) is 4.98 Å². The fourth-order valence-electron chi connectivity index (χ4n) is 3.09. The first-order chi connectivity index (χ1) is 15.5. The first-order valence-corrected chi connectivity index (χ1v) is 9.85. The molecule has 2 aromatic carbocycles. The maximum absolute atomic E-state index is 12.2. The van der Waals surface area contributed by atoms with Crippen LogP contribution in [0.15, 0.2) is 53.3 Å². The van der Waals surface area contributed by atoms with E-state index in [9.17, 15) is 19.2 Å². The normalized spacial score (nSPS) is 14.6. The summed E-state index contributed by atoms with van der Waals surface area (Å²) in [5, 5.41) is 2.57. The Bertz CT molecular complexity index is 1240. The fourth-order valence-corrected chi connectivity index (χ4v) is 3.09. The van der Waals surface area contributed by atoms with Crippen LogP contribution in [0.1, 0.15) is 12.2 Å². The largest absolute Gasteiger partial charge is 0.485 e. The molecule has 1 aliphatic heterocycles. The summed E-state index contributed by atoms with van der Waals surface area (Å²) in [6, 6.07) is 13.7. The Hall–Kier alpha value is -4.21. The topological polar surface area (TPSA) is 137 Å². The van der Waals surface area contributed by atoms with Gasteiger partial charge in [0.1, 0.15) is 12.4 Å². The van der Waals surface area contributed by atoms with E-state index in [-0.39, 0.29) is 25.0 Å². The number of H-pyrrole nitrogens is 1. The van der Waals surface area contributed by atoms with Crippen molar-refractivity contribution in [1.29, 1.82) is 0 Å². The highest BCUT2D eigenvalue weighted by molar-refractivity contribution is 5.98. The molecule has 0 radical (unpaired) electrons. The molecule has 164 valence electrons. The molecule has 4 rings (SSSR count). The SMILES string of the molecule is O=C(COC(=O)CCc1nc2ccccc2c(=O)[nH]1)NC(=O)C1COc2ccccc2O1. The molecule has 10 nitrogen and oxygen atoms in total. The minimum atomic E-state index is -1.000. The number of hydrogen-bond acceptors (Lipinski definition) is 8. The lowest BCUT2D eigenvalue weighted by molar-refractivity contribution is -0.150. The zero-order valence-corrected chi connectivity index (χ0v) is 16.8. The number of carbonyl (C=O) groups excluding carboxylic acids is 3. The van der Waals surface area contributed by atoms with Gasteiger partial charge in [-0.05, 0) is 24.3 Å². The Labute approximate surface area is 181 Å². The van der Waals surface area contributed by atoms with Crippen LogP contribution in [0.4, 0.5) is 0 Å². The standard InChI is InChI=1S/C22H19N3O7/c26-19(25-22(29)17-11-30-15-7-3-4-8-16(15)32-17)12-31-20(27)10-9-18-23-14-6-2-1-5-13(14)21(28)24-18/h1-8,17H,9-12H2,(H,23,24,28)(H,25,26,29). The van der Waals surface area contributed by atoms with Crippen molar-refractivity contribution in [2.75, 3.05) is 13.2 Å². The average molecular weight is 437 g/mol. The first-order valence-electron chi connectivity index (χ1n) is 9.85. The number of aryl methyl sites for hydroxylation is 1. The molecule has 1 aromatic heterocycles. The lowest BCUT2D eigenvalue weighted by atomic mass is 10.2.